The van der Waals surface area contributed by atoms with Crippen LogP contribution >= 0.6 is 0 Å². The fourth-order valence-electron chi connectivity index (χ4n) is 1.92. The average molecular weight is 318 g/mol. The number of unbranched alkanes of at least 4 members (excludes halogenated alkanes) is 1. The van der Waals surface area contributed by atoms with Crippen LogP contribution in [0, 0.1) is 0 Å². The molecule has 0 aromatic heterocycles. The standard InChI is InChI=1S/C12H22N4O6/c13-9(17)5-15(7-11(19)20)3-1-2-4-16(6-10(14)18)8-12(21)22/h1-8H2,(H2,13,17)(H2,14,18)(H,19,20)(H,21,22). The third-order valence-electron chi connectivity index (χ3n) is 2.68. The molecule has 22 heavy (non-hydrogen) atoms. The van der Waals surface area contributed by atoms with Crippen LogP contribution in [0.3, 0.4) is 0 Å². The number of carboxylic acid groups (broad SMARTS) is 2. The van der Waals surface area contributed by atoms with Gasteiger partial charge >= 0.3 is 11.9 Å². The van der Waals surface area contributed by atoms with Crippen LogP contribution in [0.5, 0.6) is 0 Å². The van der Waals surface area contributed by atoms with E-state index in [9.17, 15) is 19.2 Å². The van der Waals surface area contributed by atoms with E-state index in [1.807, 2.05) is 0 Å². The van der Waals surface area contributed by atoms with Crippen molar-refractivity contribution in [3.8, 4) is 0 Å². The zero-order valence-electron chi connectivity index (χ0n) is 12.2. The van der Waals surface area contributed by atoms with Crippen LogP contribution in [-0.2, 0) is 19.2 Å². The van der Waals surface area contributed by atoms with E-state index in [1.165, 1.54) is 9.80 Å². The van der Waals surface area contributed by atoms with Crippen molar-refractivity contribution in [2.45, 2.75) is 12.8 Å². The first-order valence-electron chi connectivity index (χ1n) is 6.65. The Balaban J connectivity index is 4.20. The number of amides is 2. The summed E-state index contributed by atoms with van der Waals surface area (Å²) in [5, 5.41) is 17.4. The van der Waals surface area contributed by atoms with Gasteiger partial charge in [0.05, 0.1) is 26.2 Å². The van der Waals surface area contributed by atoms with E-state index in [2.05, 4.69) is 0 Å². The van der Waals surface area contributed by atoms with Crippen molar-refractivity contribution in [1.82, 2.24) is 9.80 Å². The van der Waals surface area contributed by atoms with Crippen molar-refractivity contribution in [1.29, 1.82) is 0 Å². The first-order chi connectivity index (χ1) is 10.2. The van der Waals surface area contributed by atoms with E-state index >= 15 is 0 Å². The molecule has 0 rings (SSSR count). The van der Waals surface area contributed by atoms with E-state index in [-0.39, 0.29) is 26.2 Å². The summed E-state index contributed by atoms with van der Waals surface area (Å²) in [6.45, 7) is -0.273. The molecule has 0 heterocycles. The van der Waals surface area contributed by atoms with Gasteiger partial charge in [-0.05, 0) is 25.9 Å². The molecular weight excluding hydrogens is 296 g/mol. The largest absolute Gasteiger partial charge is 0.480 e. The molecule has 0 aliphatic rings. The van der Waals surface area contributed by atoms with Crippen molar-refractivity contribution in [2.75, 3.05) is 39.3 Å². The van der Waals surface area contributed by atoms with Crippen LogP contribution in [0.15, 0.2) is 0 Å². The molecule has 2 amide bonds. The molecule has 0 aliphatic carbocycles. The predicted molar refractivity (Wildman–Crippen MR) is 75.8 cm³/mol. The molecule has 10 nitrogen and oxygen atoms in total. The number of nitrogens with zero attached hydrogens (tertiary/aromatic N) is 2. The molecule has 0 atom stereocenters. The van der Waals surface area contributed by atoms with Crippen LogP contribution in [-0.4, -0.2) is 83.0 Å². The maximum absolute atomic E-state index is 10.8. The Hall–Kier alpha value is -2.20. The lowest BCUT2D eigenvalue weighted by molar-refractivity contribution is -0.140. The van der Waals surface area contributed by atoms with E-state index in [0.717, 1.165) is 0 Å². The molecule has 0 saturated carbocycles. The fraction of sp³-hybridized carbons (Fsp3) is 0.667. The van der Waals surface area contributed by atoms with Crippen molar-refractivity contribution in [3.63, 3.8) is 0 Å². The number of primary amides is 2. The summed E-state index contributed by atoms with van der Waals surface area (Å²) >= 11 is 0. The molecule has 126 valence electrons. The predicted octanol–water partition coefficient (Wildman–Crippen LogP) is -2.49. The van der Waals surface area contributed by atoms with Crippen LogP contribution < -0.4 is 11.5 Å². The molecule has 0 bridgehead atoms. The maximum atomic E-state index is 10.8. The Bertz CT molecular complexity index is 344. The second kappa shape index (κ2) is 10.5. The zero-order valence-corrected chi connectivity index (χ0v) is 12.2. The Morgan fingerprint density at radius 2 is 1.00 bits per heavy atom. The Morgan fingerprint density at radius 3 is 1.23 bits per heavy atom. The first-order valence-corrected chi connectivity index (χ1v) is 6.65. The number of hydrogen-bond donors (Lipinski definition) is 4. The van der Waals surface area contributed by atoms with Crippen molar-refractivity contribution in [3.05, 3.63) is 0 Å². The Kier molecular flexibility index (Phi) is 9.46. The highest BCUT2D eigenvalue weighted by atomic mass is 16.4. The molecule has 0 unspecified atom stereocenters. The minimum atomic E-state index is -1.07. The highest BCUT2D eigenvalue weighted by molar-refractivity contribution is 5.77. The zero-order chi connectivity index (χ0) is 17.1. The number of carbonyl (C=O) groups is 4. The van der Waals surface area contributed by atoms with Crippen molar-refractivity contribution in [2.24, 2.45) is 11.5 Å². The molecule has 0 saturated heterocycles. The summed E-state index contributed by atoms with van der Waals surface area (Å²) < 4.78 is 0. The summed E-state index contributed by atoms with van der Waals surface area (Å²) in [5.74, 6) is -3.38. The van der Waals surface area contributed by atoms with Gasteiger partial charge in [0, 0.05) is 0 Å². The topological polar surface area (TPSA) is 167 Å². The number of rotatable bonds is 13. The summed E-state index contributed by atoms with van der Waals surface area (Å²) in [4.78, 5) is 45.8. The summed E-state index contributed by atoms with van der Waals surface area (Å²) in [6.07, 6.45) is 1.05. The van der Waals surface area contributed by atoms with Gasteiger partial charge in [-0.15, -0.1) is 0 Å². The van der Waals surface area contributed by atoms with Gasteiger partial charge in [0.1, 0.15) is 0 Å². The number of nitrogens with two attached hydrogens (primary N) is 2. The van der Waals surface area contributed by atoms with Gasteiger partial charge in [-0.1, -0.05) is 0 Å². The lowest BCUT2D eigenvalue weighted by Crippen LogP contribution is -2.39. The summed E-state index contributed by atoms with van der Waals surface area (Å²) in [6, 6.07) is 0. The molecule has 0 aliphatic heterocycles. The lowest BCUT2D eigenvalue weighted by Gasteiger charge is -2.21. The highest BCUT2D eigenvalue weighted by Crippen LogP contribution is 1.99. The van der Waals surface area contributed by atoms with Gasteiger partial charge in [-0.2, -0.15) is 0 Å². The quantitative estimate of drug-likeness (QED) is 0.270. The Labute approximate surface area is 127 Å². The van der Waals surface area contributed by atoms with E-state index in [1.54, 1.807) is 0 Å². The average Bonchev–Trinajstić information content (AvgIpc) is 2.31. The molecule has 0 spiro atoms. The number of hydrogen-bond acceptors (Lipinski definition) is 6. The molecule has 10 heteroatoms. The van der Waals surface area contributed by atoms with Gasteiger partial charge < -0.3 is 21.7 Å². The fourth-order valence-corrected chi connectivity index (χ4v) is 1.92. The first kappa shape index (κ1) is 19.8. The second-order valence-corrected chi connectivity index (χ2v) is 4.85. The second-order valence-electron chi connectivity index (χ2n) is 4.85. The van der Waals surface area contributed by atoms with E-state index in [0.29, 0.717) is 25.9 Å². The smallest absolute Gasteiger partial charge is 0.317 e. The van der Waals surface area contributed by atoms with E-state index in [4.69, 9.17) is 21.7 Å². The molecule has 0 aromatic carbocycles. The van der Waals surface area contributed by atoms with Gasteiger partial charge in [0.25, 0.3) is 0 Å². The lowest BCUT2D eigenvalue weighted by atomic mass is 10.2. The number of carboxylic acids is 2. The number of aliphatic carboxylic acids is 2. The van der Waals surface area contributed by atoms with Gasteiger partial charge in [-0.3, -0.25) is 29.0 Å². The highest BCUT2D eigenvalue weighted by Gasteiger charge is 2.14. The molecule has 0 fully saturated rings. The molecular formula is C12H22N4O6. The molecule has 0 aromatic rings. The van der Waals surface area contributed by atoms with Crippen LogP contribution in [0.1, 0.15) is 12.8 Å². The summed E-state index contributed by atoms with van der Waals surface area (Å²) in [5.41, 5.74) is 10.1. The number of carbonyl (C=O) groups excluding carboxylic acids is 2. The third-order valence-corrected chi connectivity index (χ3v) is 2.68. The van der Waals surface area contributed by atoms with Crippen LogP contribution in [0.2, 0.25) is 0 Å². The van der Waals surface area contributed by atoms with Gasteiger partial charge in [0.2, 0.25) is 11.8 Å². The molecule has 0 radical (unpaired) electrons. The monoisotopic (exact) mass is 318 g/mol. The minimum absolute atomic E-state index is 0.160. The van der Waals surface area contributed by atoms with E-state index < -0.39 is 23.8 Å². The SMILES string of the molecule is NC(=O)CN(CCCCN(CC(N)=O)CC(=O)O)CC(=O)O. The van der Waals surface area contributed by atoms with Crippen LogP contribution in [0.4, 0.5) is 0 Å². The third kappa shape index (κ3) is 11.6. The summed E-state index contributed by atoms with van der Waals surface area (Å²) in [7, 11) is 0. The van der Waals surface area contributed by atoms with Gasteiger partial charge in [0.15, 0.2) is 0 Å². The maximum Gasteiger partial charge on any atom is 0.317 e. The van der Waals surface area contributed by atoms with Crippen LogP contribution in [0.25, 0.3) is 0 Å². The van der Waals surface area contributed by atoms with Gasteiger partial charge in [-0.25, -0.2) is 0 Å². The molecule has 6 N–H and O–H groups in total. The van der Waals surface area contributed by atoms with Crippen molar-refractivity contribution < 1.29 is 29.4 Å². The Morgan fingerprint density at radius 1 is 0.682 bits per heavy atom. The normalized spacial score (nSPS) is 10.8. The minimum Gasteiger partial charge on any atom is -0.480 e. The van der Waals surface area contributed by atoms with Crippen molar-refractivity contribution >= 4 is 23.8 Å².